The van der Waals surface area contributed by atoms with Crippen LogP contribution in [0.1, 0.15) is 11.1 Å². The van der Waals surface area contributed by atoms with Gasteiger partial charge in [-0.2, -0.15) is 0 Å². The molecule has 1 aliphatic rings. The smallest absolute Gasteiger partial charge is 0.163 e. The molecule has 0 unspecified atom stereocenters. The van der Waals surface area contributed by atoms with Crippen molar-refractivity contribution in [3.05, 3.63) is 81.8 Å². The molecule has 3 aromatic carbocycles. The molecule has 0 amide bonds. The van der Waals surface area contributed by atoms with Crippen molar-refractivity contribution in [3.8, 4) is 17.2 Å². The summed E-state index contributed by atoms with van der Waals surface area (Å²) in [6.45, 7) is 2.12. The molecule has 28 heavy (non-hydrogen) atoms. The Morgan fingerprint density at radius 1 is 0.821 bits per heavy atom. The van der Waals surface area contributed by atoms with E-state index in [1.165, 1.54) is 0 Å². The first-order valence-corrected chi connectivity index (χ1v) is 9.73. The summed E-state index contributed by atoms with van der Waals surface area (Å²) in [4.78, 5) is 0. The van der Waals surface area contributed by atoms with Gasteiger partial charge in [-0.25, -0.2) is 0 Å². The quantitative estimate of drug-likeness (QED) is 0.539. The van der Waals surface area contributed by atoms with Gasteiger partial charge in [0.1, 0.15) is 19.8 Å². The highest BCUT2D eigenvalue weighted by molar-refractivity contribution is 6.37. The van der Waals surface area contributed by atoms with E-state index < -0.39 is 0 Å². The minimum absolute atomic E-state index is 0.412. The zero-order valence-corrected chi connectivity index (χ0v) is 16.6. The van der Waals surface area contributed by atoms with Crippen molar-refractivity contribution in [3.63, 3.8) is 0 Å². The molecule has 0 aliphatic carbocycles. The SMILES string of the molecule is Clc1cc(CNc2ccc3c(c2)OCCO3)cc(Cl)c1OCc1ccccc1. The summed E-state index contributed by atoms with van der Waals surface area (Å²) in [6.07, 6.45) is 0. The molecule has 0 fully saturated rings. The summed E-state index contributed by atoms with van der Waals surface area (Å²) in [5, 5.41) is 4.33. The van der Waals surface area contributed by atoms with E-state index in [4.69, 9.17) is 37.4 Å². The lowest BCUT2D eigenvalue weighted by atomic mass is 10.2. The number of anilines is 1. The number of fused-ring (bicyclic) bond motifs is 1. The molecule has 0 spiro atoms. The van der Waals surface area contributed by atoms with Gasteiger partial charge >= 0.3 is 0 Å². The number of halogens is 2. The third kappa shape index (κ3) is 4.46. The summed E-state index contributed by atoms with van der Waals surface area (Å²) in [6, 6.07) is 19.4. The molecular formula is C22H19Cl2NO3. The first-order valence-electron chi connectivity index (χ1n) is 8.97. The largest absolute Gasteiger partial charge is 0.486 e. The van der Waals surface area contributed by atoms with Crippen LogP contribution in [0.3, 0.4) is 0 Å². The fourth-order valence-corrected chi connectivity index (χ4v) is 3.58. The second kappa shape index (κ2) is 8.63. The highest BCUT2D eigenvalue weighted by Gasteiger charge is 2.13. The average molecular weight is 416 g/mol. The van der Waals surface area contributed by atoms with Crippen molar-refractivity contribution in [1.29, 1.82) is 0 Å². The number of rotatable bonds is 6. The highest BCUT2D eigenvalue weighted by Crippen LogP contribution is 2.36. The van der Waals surface area contributed by atoms with E-state index in [1.807, 2.05) is 60.7 Å². The van der Waals surface area contributed by atoms with E-state index >= 15 is 0 Å². The molecular weight excluding hydrogens is 397 g/mol. The minimum Gasteiger partial charge on any atom is -0.486 e. The minimum atomic E-state index is 0.412. The van der Waals surface area contributed by atoms with E-state index in [0.29, 0.717) is 42.2 Å². The van der Waals surface area contributed by atoms with Crippen LogP contribution in [0.15, 0.2) is 60.7 Å². The summed E-state index contributed by atoms with van der Waals surface area (Å²) in [5.74, 6) is 2.01. The van der Waals surface area contributed by atoms with Gasteiger partial charge in [-0.1, -0.05) is 53.5 Å². The van der Waals surface area contributed by atoms with Crippen LogP contribution in [0.5, 0.6) is 17.2 Å². The average Bonchev–Trinajstić information content (AvgIpc) is 2.72. The predicted octanol–water partition coefficient (Wildman–Crippen LogP) is 5.96. The Morgan fingerprint density at radius 2 is 1.54 bits per heavy atom. The van der Waals surface area contributed by atoms with Crippen LogP contribution >= 0.6 is 23.2 Å². The Kier molecular flexibility index (Phi) is 5.79. The molecule has 4 rings (SSSR count). The maximum absolute atomic E-state index is 6.40. The molecule has 0 radical (unpaired) electrons. The topological polar surface area (TPSA) is 39.7 Å². The molecule has 0 saturated carbocycles. The Balaban J connectivity index is 1.41. The molecule has 0 saturated heterocycles. The third-order valence-corrected chi connectivity index (χ3v) is 4.88. The van der Waals surface area contributed by atoms with Gasteiger partial charge in [0.25, 0.3) is 0 Å². The fraction of sp³-hybridized carbons (Fsp3) is 0.182. The van der Waals surface area contributed by atoms with E-state index in [9.17, 15) is 0 Å². The second-order valence-corrected chi connectivity index (χ2v) is 7.19. The van der Waals surface area contributed by atoms with Gasteiger partial charge in [-0.15, -0.1) is 0 Å². The predicted molar refractivity (Wildman–Crippen MR) is 112 cm³/mol. The fourth-order valence-electron chi connectivity index (χ4n) is 2.94. The molecule has 1 aliphatic heterocycles. The van der Waals surface area contributed by atoms with Crippen molar-refractivity contribution in [1.82, 2.24) is 0 Å². The van der Waals surface area contributed by atoms with E-state index in [0.717, 1.165) is 28.3 Å². The summed E-state index contributed by atoms with van der Waals surface area (Å²) in [7, 11) is 0. The highest BCUT2D eigenvalue weighted by atomic mass is 35.5. The number of hydrogen-bond acceptors (Lipinski definition) is 4. The molecule has 4 nitrogen and oxygen atoms in total. The van der Waals surface area contributed by atoms with Crippen LogP contribution in [-0.4, -0.2) is 13.2 Å². The van der Waals surface area contributed by atoms with Crippen molar-refractivity contribution >= 4 is 28.9 Å². The van der Waals surface area contributed by atoms with Gasteiger partial charge in [0, 0.05) is 18.3 Å². The summed E-state index contributed by atoms with van der Waals surface area (Å²) < 4.78 is 17.0. The first-order chi connectivity index (χ1) is 13.7. The van der Waals surface area contributed by atoms with Gasteiger partial charge in [0.15, 0.2) is 17.2 Å². The van der Waals surface area contributed by atoms with Crippen LogP contribution in [0.25, 0.3) is 0 Å². The zero-order valence-electron chi connectivity index (χ0n) is 15.1. The number of nitrogens with one attached hydrogen (secondary N) is 1. The summed E-state index contributed by atoms with van der Waals surface area (Å²) in [5.41, 5.74) is 2.94. The summed E-state index contributed by atoms with van der Waals surface area (Å²) >= 11 is 12.8. The van der Waals surface area contributed by atoms with Crippen LogP contribution in [0, 0.1) is 0 Å². The normalized spacial score (nSPS) is 12.5. The molecule has 144 valence electrons. The monoisotopic (exact) mass is 415 g/mol. The standard InChI is InChI=1S/C22H19Cl2NO3/c23-18-10-16(11-19(24)22(18)28-14-15-4-2-1-3-5-15)13-25-17-6-7-20-21(12-17)27-9-8-26-20/h1-7,10-12,25H,8-9,13-14H2. The molecule has 0 bridgehead atoms. The van der Waals surface area contributed by atoms with Gasteiger partial charge in [-0.05, 0) is 35.4 Å². The Labute approximate surface area is 173 Å². The lowest BCUT2D eigenvalue weighted by molar-refractivity contribution is 0.171. The Morgan fingerprint density at radius 3 is 2.29 bits per heavy atom. The van der Waals surface area contributed by atoms with E-state index in [-0.39, 0.29) is 0 Å². The van der Waals surface area contributed by atoms with Crippen LogP contribution in [-0.2, 0) is 13.2 Å². The molecule has 1 heterocycles. The maximum atomic E-state index is 6.40. The molecule has 3 aromatic rings. The van der Waals surface area contributed by atoms with Crippen LogP contribution in [0.4, 0.5) is 5.69 Å². The number of hydrogen-bond donors (Lipinski definition) is 1. The van der Waals surface area contributed by atoms with Gasteiger partial charge in [-0.3, -0.25) is 0 Å². The van der Waals surface area contributed by atoms with Gasteiger partial charge in [0.2, 0.25) is 0 Å². The lowest BCUT2D eigenvalue weighted by Crippen LogP contribution is -2.15. The molecule has 6 heteroatoms. The molecule has 0 atom stereocenters. The van der Waals surface area contributed by atoms with Crippen molar-refractivity contribution in [2.75, 3.05) is 18.5 Å². The second-order valence-electron chi connectivity index (χ2n) is 6.37. The van der Waals surface area contributed by atoms with Crippen LogP contribution < -0.4 is 19.5 Å². The third-order valence-electron chi connectivity index (χ3n) is 4.32. The van der Waals surface area contributed by atoms with Gasteiger partial charge in [0.05, 0.1) is 10.0 Å². The Bertz CT molecular complexity index is 940. The first kappa shape index (κ1) is 18.8. The maximum Gasteiger partial charge on any atom is 0.163 e. The van der Waals surface area contributed by atoms with Crippen molar-refractivity contribution < 1.29 is 14.2 Å². The molecule has 1 N–H and O–H groups in total. The molecule has 0 aromatic heterocycles. The van der Waals surface area contributed by atoms with Gasteiger partial charge < -0.3 is 19.5 Å². The van der Waals surface area contributed by atoms with Crippen molar-refractivity contribution in [2.45, 2.75) is 13.2 Å². The lowest BCUT2D eigenvalue weighted by Gasteiger charge is -2.19. The van der Waals surface area contributed by atoms with Crippen molar-refractivity contribution in [2.24, 2.45) is 0 Å². The van der Waals surface area contributed by atoms with Crippen LogP contribution in [0.2, 0.25) is 10.0 Å². The van der Waals surface area contributed by atoms with E-state index in [2.05, 4.69) is 5.32 Å². The zero-order chi connectivity index (χ0) is 19.3. The Hall–Kier alpha value is -2.56. The van der Waals surface area contributed by atoms with E-state index in [1.54, 1.807) is 0 Å². The number of benzene rings is 3. The number of ether oxygens (including phenoxy) is 3.